The fourth-order valence-electron chi connectivity index (χ4n) is 1.74. The van der Waals surface area contributed by atoms with E-state index in [9.17, 15) is 9.59 Å². The molecular formula is C12H8N4O3. The van der Waals surface area contributed by atoms with Crippen LogP contribution in [0, 0.1) is 0 Å². The molecule has 0 spiro atoms. The normalized spacial score (nSPS) is 10.7. The predicted molar refractivity (Wildman–Crippen MR) is 66.4 cm³/mol. The van der Waals surface area contributed by atoms with Gasteiger partial charge in [0.25, 0.3) is 5.91 Å². The van der Waals surface area contributed by atoms with Crippen LogP contribution >= 0.6 is 0 Å². The number of H-pyrrole nitrogens is 1. The number of hydrogen-bond acceptors (Lipinski definition) is 5. The Morgan fingerprint density at radius 2 is 2.16 bits per heavy atom. The summed E-state index contributed by atoms with van der Waals surface area (Å²) in [7, 11) is 0. The monoisotopic (exact) mass is 256 g/mol. The summed E-state index contributed by atoms with van der Waals surface area (Å²) in [5, 5.41) is 0. The molecule has 0 atom stereocenters. The first-order valence-corrected chi connectivity index (χ1v) is 5.39. The maximum Gasteiger partial charge on any atom is 0.417 e. The molecule has 3 N–H and O–H groups in total. The van der Waals surface area contributed by atoms with Crippen LogP contribution in [-0.4, -0.2) is 20.9 Å². The number of oxazole rings is 1. The number of fused-ring (bicyclic) bond motifs is 1. The number of carbonyl (C=O) groups excluding carboxylic acids is 1. The molecule has 0 aliphatic rings. The largest absolute Gasteiger partial charge is 0.417 e. The molecule has 94 valence electrons. The van der Waals surface area contributed by atoms with Crippen LogP contribution in [0.15, 0.2) is 39.7 Å². The van der Waals surface area contributed by atoms with E-state index in [-0.39, 0.29) is 5.82 Å². The Labute approximate surface area is 106 Å². The van der Waals surface area contributed by atoms with Crippen molar-refractivity contribution < 1.29 is 9.21 Å². The highest BCUT2D eigenvalue weighted by Gasteiger charge is 2.08. The molecule has 0 saturated heterocycles. The minimum absolute atomic E-state index is 0.0619. The number of benzene rings is 1. The third kappa shape index (κ3) is 1.97. The van der Waals surface area contributed by atoms with Crippen molar-refractivity contribution in [3.63, 3.8) is 0 Å². The number of carbonyl (C=O) groups is 1. The Morgan fingerprint density at radius 1 is 1.32 bits per heavy atom. The highest BCUT2D eigenvalue weighted by atomic mass is 16.4. The van der Waals surface area contributed by atoms with Gasteiger partial charge in [0.15, 0.2) is 5.58 Å². The molecule has 0 unspecified atom stereocenters. The van der Waals surface area contributed by atoms with Crippen LogP contribution in [0.2, 0.25) is 0 Å². The smallest absolute Gasteiger partial charge is 0.408 e. The lowest BCUT2D eigenvalue weighted by molar-refractivity contribution is 0.0990. The lowest BCUT2D eigenvalue weighted by atomic mass is 10.1. The van der Waals surface area contributed by atoms with Crippen LogP contribution in [0.3, 0.4) is 0 Å². The number of amides is 1. The van der Waals surface area contributed by atoms with Crippen molar-refractivity contribution >= 4 is 17.0 Å². The van der Waals surface area contributed by atoms with Gasteiger partial charge < -0.3 is 10.2 Å². The van der Waals surface area contributed by atoms with Crippen LogP contribution < -0.4 is 11.5 Å². The minimum atomic E-state index is -0.698. The zero-order chi connectivity index (χ0) is 13.4. The molecule has 7 nitrogen and oxygen atoms in total. The number of rotatable bonds is 2. The summed E-state index contributed by atoms with van der Waals surface area (Å²) in [6.07, 6.45) is 1.44. The van der Waals surface area contributed by atoms with Gasteiger partial charge in [0.1, 0.15) is 0 Å². The first kappa shape index (κ1) is 11.1. The SMILES string of the molecule is NC(=O)c1nccc(-c2ccc3[nH]c(=O)oc3c2)n1. The lowest BCUT2D eigenvalue weighted by Crippen LogP contribution is -2.15. The predicted octanol–water partition coefficient (Wildman–Crippen LogP) is 0.677. The number of aromatic nitrogens is 3. The Hall–Kier alpha value is -2.96. The molecular weight excluding hydrogens is 248 g/mol. The average molecular weight is 256 g/mol. The van der Waals surface area contributed by atoms with Crippen molar-refractivity contribution in [2.45, 2.75) is 0 Å². The number of nitrogens with one attached hydrogen (secondary N) is 1. The zero-order valence-electron chi connectivity index (χ0n) is 9.58. The van der Waals surface area contributed by atoms with Crippen LogP contribution in [0.1, 0.15) is 10.6 Å². The molecule has 0 aliphatic carbocycles. The first-order chi connectivity index (χ1) is 9.13. The third-order valence-corrected chi connectivity index (χ3v) is 2.59. The number of nitrogens with zero attached hydrogens (tertiary/aromatic N) is 2. The highest BCUT2D eigenvalue weighted by Crippen LogP contribution is 2.21. The van der Waals surface area contributed by atoms with Crippen LogP contribution in [-0.2, 0) is 0 Å². The maximum absolute atomic E-state index is 11.1. The van der Waals surface area contributed by atoms with Gasteiger partial charge in [-0.1, -0.05) is 6.07 Å². The molecule has 0 aliphatic heterocycles. The fraction of sp³-hybridized carbons (Fsp3) is 0. The molecule has 7 heteroatoms. The van der Waals surface area contributed by atoms with Gasteiger partial charge in [0.2, 0.25) is 5.82 Å². The van der Waals surface area contributed by atoms with Gasteiger partial charge in [-0.15, -0.1) is 0 Å². The molecule has 1 amide bonds. The number of nitrogens with two attached hydrogens (primary N) is 1. The first-order valence-electron chi connectivity index (χ1n) is 5.39. The van der Waals surface area contributed by atoms with E-state index in [0.717, 1.165) is 0 Å². The van der Waals surface area contributed by atoms with E-state index in [0.29, 0.717) is 22.4 Å². The van der Waals surface area contributed by atoms with Crippen molar-refractivity contribution in [1.82, 2.24) is 15.0 Å². The van der Waals surface area contributed by atoms with E-state index in [4.69, 9.17) is 10.2 Å². The Balaban J connectivity index is 2.15. The zero-order valence-corrected chi connectivity index (χ0v) is 9.58. The summed E-state index contributed by atoms with van der Waals surface area (Å²) in [5.74, 6) is -1.28. The average Bonchev–Trinajstić information content (AvgIpc) is 2.77. The van der Waals surface area contributed by atoms with Gasteiger partial charge in [-0.05, 0) is 18.2 Å². The number of aromatic amines is 1. The highest BCUT2D eigenvalue weighted by molar-refractivity contribution is 5.89. The summed E-state index contributed by atoms with van der Waals surface area (Å²) < 4.78 is 4.96. The van der Waals surface area contributed by atoms with Crippen LogP contribution in [0.5, 0.6) is 0 Å². The van der Waals surface area contributed by atoms with E-state index in [1.807, 2.05) is 0 Å². The standard InChI is InChI=1S/C12H8N4O3/c13-10(17)11-14-4-3-7(15-11)6-1-2-8-9(5-6)19-12(18)16-8/h1-5H,(H2,13,17)(H,16,18). The van der Waals surface area contributed by atoms with Crippen molar-refractivity contribution in [2.24, 2.45) is 5.73 Å². The van der Waals surface area contributed by atoms with E-state index in [1.54, 1.807) is 24.3 Å². The van der Waals surface area contributed by atoms with Crippen molar-refractivity contribution in [3.8, 4) is 11.3 Å². The second kappa shape index (κ2) is 4.05. The van der Waals surface area contributed by atoms with E-state index < -0.39 is 11.7 Å². The van der Waals surface area contributed by atoms with Gasteiger partial charge in [0, 0.05) is 11.8 Å². The molecule has 0 radical (unpaired) electrons. The van der Waals surface area contributed by atoms with Crippen LogP contribution in [0.25, 0.3) is 22.4 Å². The van der Waals surface area contributed by atoms with E-state index in [1.165, 1.54) is 6.20 Å². The molecule has 1 aromatic carbocycles. The van der Waals surface area contributed by atoms with Gasteiger partial charge in [-0.3, -0.25) is 9.78 Å². The quantitative estimate of drug-likeness (QED) is 0.699. The summed E-state index contributed by atoms with van der Waals surface area (Å²) in [5.41, 5.74) is 7.36. The lowest BCUT2D eigenvalue weighted by Gasteiger charge is -2.01. The Bertz CT molecular complexity index is 834. The van der Waals surface area contributed by atoms with Gasteiger partial charge in [0.05, 0.1) is 11.2 Å². The maximum atomic E-state index is 11.1. The summed E-state index contributed by atoms with van der Waals surface area (Å²) >= 11 is 0. The summed E-state index contributed by atoms with van der Waals surface area (Å²) in [6, 6.07) is 6.74. The summed E-state index contributed by atoms with van der Waals surface area (Å²) in [6.45, 7) is 0. The van der Waals surface area contributed by atoms with Gasteiger partial charge in [-0.25, -0.2) is 14.8 Å². The Kier molecular flexibility index (Phi) is 2.38. The third-order valence-electron chi connectivity index (χ3n) is 2.59. The number of hydrogen-bond donors (Lipinski definition) is 2. The molecule has 0 bridgehead atoms. The van der Waals surface area contributed by atoms with E-state index in [2.05, 4.69) is 15.0 Å². The van der Waals surface area contributed by atoms with Gasteiger partial charge >= 0.3 is 5.76 Å². The molecule has 0 fully saturated rings. The van der Waals surface area contributed by atoms with Crippen molar-refractivity contribution in [1.29, 1.82) is 0 Å². The fourth-order valence-corrected chi connectivity index (χ4v) is 1.74. The molecule has 3 rings (SSSR count). The minimum Gasteiger partial charge on any atom is -0.408 e. The second-order valence-corrected chi connectivity index (χ2v) is 3.86. The topological polar surface area (TPSA) is 115 Å². The molecule has 19 heavy (non-hydrogen) atoms. The van der Waals surface area contributed by atoms with Gasteiger partial charge in [-0.2, -0.15) is 0 Å². The molecule has 2 aromatic heterocycles. The molecule has 3 aromatic rings. The second-order valence-electron chi connectivity index (χ2n) is 3.86. The molecule has 0 saturated carbocycles. The van der Waals surface area contributed by atoms with Crippen LogP contribution in [0.4, 0.5) is 0 Å². The van der Waals surface area contributed by atoms with Crippen molar-refractivity contribution in [2.75, 3.05) is 0 Å². The van der Waals surface area contributed by atoms with Crippen molar-refractivity contribution in [3.05, 3.63) is 46.8 Å². The van der Waals surface area contributed by atoms with E-state index >= 15 is 0 Å². The molecule has 2 heterocycles. The summed E-state index contributed by atoms with van der Waals surface area (Å²) in [4.78, 5) is 32.4. The number of primary amides is 1. The Morgan fingerprint density at radius 3 is 2.95 bits per heavy atom.